The third-order valence-corrected chi connectivity index (χ3v) is 3.00. The van der Waals surface area contributed by atoms with Crippen molar-refractivity contribution >= 4 is 15.9 Å². The third-order valence-electron chi connectivity index (χ3n) is 2.56. The Morgan fingerprint density at radius 2 is 2.00 bits per heavy atom. The Kier molecular flexibility index (Phi) is 4.61. The highest BCUT2D eigenvalue weighted by Gasteiger charge is 2.06. The maximum atomic E-state index is 4.58. The molecule has 2 aromatic heterocycles. The van der Waals surface area contributed by atoms with Crippen molar-refractivity contribution in [3.05, 3.63) is 40.4 Å². The monoisotopic (exact) mass is 320 g/mol. The molecule has 19 heavy (non-hydrogen) atoms. The standard InChI is InChI=1S/C14H17BrN4/c1-9(2)17-8-13-4-10(3)18-14(19-13)11-5-12(15)7-16-6-11/h4-7,9,17H,8H2,1-3H3. The summed E-state index contributed by atoms with van der Waals surface area (Å²) in [6, 6.07) is 4.41. The molecule has 0 saturated heterocycles. The fraction of sp³-hybridized carbons (Fsp3) is 0.357. The topological polar surface area (TPSA) is 50.7 Å². The zero-order chi connectivity index (χ0) is 13.8. The van der Waals surface area contributed by atoms with E-state index in [4.69, 9.17) is 0 Å². The van der Waals surface area contributed by atoms with E-state index in [-0.39, 0.29) is 0 Å². The number of nitrogens with one attached hydrogen (secondary N) is 1. The summed E-state index contributed by atoms with van der Waals surface area (Å²) >= 11 is 3.42. The first-order chi connectivity index (χ1) is 9.04. The van der Waals surface area contributed by atoms with Gasteiger partial charge in [-0.25, -0.2) is 9.97 Å². The van der Waals surface area contributed by atoms with Gasteiger partial charge in [0.2, 0.25) is 0 Å². The third kappa shape index (κ3) is 4.08. The lowest BCUT2D eigenvalue weighted by Crippen LogP contribution is -2.22. The average Bonchev–Trinajstić information content (AvgIpc) is 2.36. The molecule has 2 aromatic rings. The van der Waals surface area contributed by atoms with E-state index >= 15 is 0 Å². The fourth-order valence-electron chi connectivity index (χ4n) is 1.70. The van der Waals surface area contributed by atoms with Gasteiger partial charge in [-0.05, 0) is 35.0 Å². The quantitative estimate of drug-likeness (QED) is 0.940. The maximum Gasteiger partial charge on any atom is 0.161 e. The molecule has 0 amide bonds. The van der Waals surface area contributed by atoms with Crippen LogP contribution in [0.2, 0.25) is 0 Å². The Labute approximate surface area is 121 Å². The summed E-state index contributed by atoms with van der Waals surface area (Å²) in [5.41, 5.74) is 2.88. The summed E-state index contributed by atoms with van der Waals surface area (Å²) in [6.07, 6.45) is 3.53. The van der Waals surface area contributed by atoms with Crippen molar-refractivity contribution in [1.29, 1.82) is 0 Å². The number of pyridine rings is 1. The number of halogens is 1. The first kappa shape index (κ1) is 14.1. The van der Waals surface area contributed by atoms with Gasteiger partial charge in [-0.1, -0.05) is 13.8 Å². The van der Waals surface area contributed by atoms with Crippen molar-refractivity contribution in [2.45, 2.75) is 33.4 Å². The maximum absolute atomic E-state index is 4.58. The van der Waals surface area contributed by atoms with E-state index in [2.05, 4.69) is 50.0 Å². The zero-order valence-electron chi connectivity index (χ0n) is 11.3. The molecule has 0 radical (unpaired) electrons. The van der Waals surface area contributed by atoms with Gasteiger partial charge in [0.1, 0.15) is 0 Å². The molecule has 0 aliphatic heterocycles. The van der Waals surface area contributed by atoms with Crippen molar-refractivity contribution in [2.24, 2.45) is 0 Å². The average molecular weight is 321 g/mol. The second-order valence-corrected chi connectivity index (χ2v) is 5.67. The summed E-state index contributed by atoms with van der Waals surface area (Å²) in [7, 11) is 0. The van der Waals surface area contributed by atoms with Gasteiger partial charge in [0.05, 0.1) is 5.69 Å². The number of aryl methyl sites for hydroxylation is 1. The Morgan fingerprint density at radius 3 is 2.68 bits per heavy atom. The zero-order valence-corrected chi connectivity index (χ0v) is 12.9. The van der Waals surface area contributed by atoms with E-state index < -0.39 is 0 Å². The Balaban J connectivity index is 2.31. The lowest BCUT2D eigenvalue weighted by molar-refractivity contribution is 0.580. The second kappa shape index (κ2) is 6.21. The van der Waals surface area contributed by atoms with Crippen LogP contribution in [-0.2, 0) is 6.54 Å². The minimum absolute atomic E-state index is 0.436. The van der Waals surface area contributed by atoms with Gasteiger partial charge in [0, 0.05) is 40.7 Å². The second-order valence-electron chi connectivity index (χ2n) is 4.75. The van der Waals surface area contributed by atoms with Crippen LogP contribution in [0.3, 0.4) is 0 Å². The lowest BCUT2D eigenvalue weighted by Gasteiger charge is -2.09. The van der Waals surface area contributed by atoms with Crippen LogP contribution < -0.4 is 5.32 Å². The molecule has 0 atom stereocenters. The van der Waals surface area contributed by atoms with E-state index in [0.717, 1.165) is 28.0 Å². The van der Waals surface area contributed by atoms with Gasteiger partial charge in [-0.2, -0.15) is 0 Å². The highest BCUT2D eigenvalue weighted by Crippen LogP contribution is 2.19. The van der Waals surface area contributed by atoms with Crippen LogP contribution in [0.25, 0.3) is 11.4 Å². The number of hydrogen-bond acceptors (Lipinski definition) is 4. The molecular weight excluding hydrogens is 304 g/mol. The number of rotatable bonds is 4. The van der Waals surface area contributed by atoms with E-state index in [9.17, 15) is 0 Å². The Morgan fingerprint density at radius 1 is 1.21 bits per heavy atom. The summed E-state index contributed by atoms with van der Waals surface area (Å²) in [5.74, 6) is 0.717. The summed E-state index contributed by atoms with van der Waals surface area (Å²) in [5, 5.41) is 3.36. The summed E-state index contributed by atoms with van der Waals surface area (Å²) in [4.78, 5) is 13.2. The van der Waals surface area contributed by atoms with Crippen molar-refractivity contribution in [2.75, 3.05) is 0 Å². The Hall–Kier alpha value is -1.33. The summed E-state index contributed by atoms with van der Waals surface area (Å²) in [6.45, 7) is 6.96. The molecule has 1 N–H and O–H groups in total. The molecule has 4 nitrogen and oxygen atoms in total. The molecule has 2 heterocycles. The van der Waals surface area contributed by atoms with Crippen LogP contribution in [0.15, 0.2) is 29.0 Å². The molecule has 0 aromatic carbocycles. The van der Waals surface area contributed by atoms with Crippen molar-refractivity contribution in [3.63, 3.8) is 0 Å². The van der Waals surface area contributed by atoms with Crippen molar-refractivity contribution in [1.82, 2.24) is 20.3 Å². The minimum atomic E-state index is 0.436. The molecule has 0 saturated carbocycles. The fourth-order valence-corrected chi connectivity index (χ4v) is 2.06. The van der Waals surface area contributed by atoms with Crippen LogP contribution in [0, 0.1) is 6.92 Å². The molecule has 0 fully saturated rings. The number of aromatic nitrogens is 3. The molecule has 100 valence electrons. The molecule has 0 unspecified atom stereocenters. The predicted octanol–water partition coefficient (Wildman–Crippen LogP) is 3.11. The molecular formula is C14H17BrN4. The van der Waals surface area contributed by atoms with E-state index in [1.807, 2.05) is 19.1 Å². The van der Waals surface area contributed by atoms with Gasteiger partial charge in [0.25, 0.3) is 0 Å². The van der Waals surface area contributed by atoms with Crippen LogP contribution in [0.1, 0.15) is 25.2 Å². The van der Waals surface area contributed by atoms with E-state index in [1.54, 1.807) is 12.4 Å². The first-order valence-corrected chi connectivity index (χ1v) is 7.03. The highest BCUT2D eigenvalue weighted by molar-refractivity contribution is 9.10. The van der Waals surface area contributed by atoms with Crippen LogP contribution in [-0.4, -0.2) is 21.0 Å². The largest absolute Gasteiger partial charge is 0.309 e. The van der Waals surface area contributed by atoms with Gasteiger partial charge < -0.3 is 5.32 Å². The first-order valence-electron chi connectivity index (χ1n) is 6.23. The van der Waals surface area contributed by atoms with E-state index in [1.165, 1.54) is 0 Å². The normalized spacial score (nSPS) is 11.0. The van der Waals surface area contributed by atoms with Crippen molar-refractivity contribution < 1.29 is 0 Å². The molecule has 5 heteroatoms. The SMILES string of the molecule is Cc1cc(CNC(C)C)nc(-c2cncc(Br)c2)n1. The van der Waals surface area contributed by atoms with E-state index in [0.29, 0.717) is 11.9 Å². The van der Waals surface area contributed by atoms with Gasteiger partial charge in [-0.15, -0.1) is 0 Å². The Bertz CT molecular complexity index is 569. The van der Waals surface area contributed by atoms with Crippen molar-refractivity contribution in [3.8, 4) is 11.4 Å². The molecule has 0 aliphatic rings. The van der Waals surface area contributed by atoms with Crippen LogP contribution >= 0.6 is 15.9 Å². The smallest absolute Gasteiger partial charge is 0.161 e. The lowest BCUT2D eigenvalue weighted by atomic mass is 10.2. The number of nitrogens with zero attached hydrogens (tertiary/aromatic N) is 3. The molecule has 2 rings (SSSR count). The number of hydrogen-bond donors (Lipinski definition) is 1. The van der Waals surface area contributed by atoms with Gasteiger partial charge >= 0.3 is 0 Å². The minimum Gasteiger partial charge on any atom is -0.309 e. The highest BCUT2D eigenvalue weighted by atomic mass is 79.9. The van der Waals surface area contributed by atoms with Gasteiger partial charge in [-0.3, -0.25) is 4.98 Å². The van der Waals surface area contributed by atoms with Crippen LogP contribution in [0.4, 0.5) is 0 Å². The molecule has 0 aliphatic carbocycles. The van der Waals surface area contributed by atoms with Gasteiger partial charge in [0.15, 0.2) is 5.82 Å². The predicted molar refractivity (Wildman–Crippen MR) is 79.7 cm³/mol. The van der Waals surface area contributed by atoms with Crippen LogP contribution in [0.5, 0.6) is 0 Å². The summed E-state index contributed by atoms with van der Waals surface area (Å²) < 4.78 is 0.928. The molecule has 0 spiro atoms. The molecule has 0 bridgehead atoms.